The molecule has 0 radical (unpaired) electrons. The summed E-state index contributed by atoms with van der Waals surface area (Å²) in [6.07, 6.45) is -4.40. The van der Waals surface area contributed by atoms with Crippen LogP contribution in [0.15, 0.2) is 0 Å². The average molecular weight is 364 g/mol. The smallest absolute Gasteiger partial charge is 0.407 e. The van der Waals surface area contributed by atoms with Gasteiger partial charge in [0.2, 0.25) is 0 Å². The Labute approximate surface area is 148 Å². The molecular formula is C16H32N2O7. The Balaban J connectivity index is 2.64. The second-order valence-corrected chi connectivity index (χ2v) is 6.48. The van der Waals surface area contributed by atoms with Crippen LogP contribution >= 0.6 is 0 Å². The van der Waals surface area contributed by atoms with Crippen molar-refractivity contribution in [2.75, 3.05) is 13.2 Å². The number of carbonyl (C=O) groups is 1. The van der Waals surface area contributed by atoms with E-state index < -0.39 is 48.7 Å². The molecule has 0 aromatic rings. The van der Waals surface area contributed by atoms with Gasteiger partial charge >= 0.3 is 6.09 Å². The summed E-state index contributed by atoms with van der Waals surface area (Å²) in [5, 5.41) is 54.9. The number of aliphatic hydroxyl groups is 5. The highest BCUT2D eigenvalue weighted by Crippen LogP contribution is 2.20. The zero-order valence-corrected chi connectivity index (χ0v) is 14.8. The van der Waals surface area contributed by atoms with Gasteiger partial charge in [-0.15, -0.1) is 0 Å². The molecule has 1 aliphatic rings. The molecule has 7 atom stereocenters. The minimum atomic E-state index is -1.24. The Hall–Kier alpha value is -0.970. The van der Waals surface area contributed by atoms with Crippen molar-refractivity contribution in [1.82, 2.24) is 10.6 Å². The molecule has 0 aromatic carbocycles. The fraction of sp³-hybridized carbons (Fsp3) is 0.938. The molecule has 0 spiro atoms. The third-order valence-corrected chi connectivity index (χ3v) is 4.56. The predicted molar refractivity (Wildman–Crippen MR) is 89.9 cm³/mol. The van der Waals surface area contributed by atoms with Gasteiger partial charge < -0.3 is 40.9 Å². The summed E-state index contributed by atoms with van der Waals surface area (Å²) in [6.45, 7) is 3.75. The number of ether oxygens (including phenoxy) is 1. The largest absolute Gasteiger partial charge is 0.450 e. The van der Waals surface area contributed by atoms with E-state index in [1.165, 1.54) is 0 Å². The molecule has 0 saturated heterocycles. The summed E-state index contributed by atoms with van der Waals surface area (Å²) in [4.78, 5) is 11.7. The fourth-order valence-electron chi connectivity index (χ4n) is 2.88. The Morgan fingerprint density at radius 1 is 1.16 bits per heavy atom. The molecule has 25 heavy (non-hydrogen) atoms. The molecule has 0 heterocycles. The van der Waals surface area contributed by atoms with Gasteiger partial charge in [-0.25, -0.2) is 4.79 Å². The van der Waals surface area contributed by atoms with E-state index in [-0.39, 0.29) is 19.6 Å². The lowest BCUT2D eigenvalue weighted by Crippen LogP contribution is -2.58. The molecule has 1 aliphatic carbocycles. The van der Waals surface area contributed by atoms with E-state index in [4.69, 9.17) is 4.74 Å². The molecule has 0 bridgehead atoms. The van der Waals surface area contributed by atoms with Crippen LogP contribution in [0.3, 0.4) is 0 Å². The molecule has 1 fully saturated rings. The summed E-state index contributed by atoms with van der Waals surface area (Å²) >= 11 is 0. The van der Waals surface area contributed by atoms with Crippen LogP contribution in [0.1, 0.15) is 39.5 Å². The first-order valence-electron chi connectivity index (χ1n) is 8.87. The maximum Gasteiger partial charge on any atom is 0.407 e. The standard InChI is InChI=1S/C16H32N2O7/c1-3-9(19)7-13(21)11(18-16(24)25-4-2)8-17-10-5-6-12(20)15(23)14(10)22/h9-15,17,19-23H,3-8H2,1-2H3,(H,18,24). The molecule has 0 aromatic heterocycles. The van der Waals surface area contributed by atoms with Crippen molar-refractivity contribution in [3.8, 4) is 0 Å². The molecule has 148 valence electrons. The third kappa shape index (κ3) is 7.04. The van der Waals surface area contributed by atoms with Crippen LogP contribution in [0.2, 0.25) is 0 Å². The molecule has 0 aliphatic heterocycles. The van der Waals surface area contributed by atoms with Gasteiger partial charge in [0.05, 0.1) is 37.1 Å². The lowest BCUT2D eigenvalue weighted by atomic mass is 9.87. The summed E-state index contributed by atoms with van der Waals surface area (Å²) < 4.78 is 4.82. The maximum atomic E-state index is 11.7. The number of hydrogen-bond acceptors (Lipinski definition) is 8. The van der Waals surface area contributed by atoms with Gasteiger partial charge in [0.15, 0.2) is 0 Å². The lowest BCUT2D eigenvalue weighted by Gasteiger charge is -2.37. The molecule has 1 amide bonds. The van der Waals surface area contributed by atoms with Gasteiger partial charge in [0, 0.05) is 19.0 Å². The van der Waals surface area contributed by atoms with Crippen LogP contribution in [0.25, 0.3) is 0 Å². The zero-order valence-electron chi connectivity index (χ0n) is 14.8. The topological polar surface area (TPSA) is 152 Å². The van der Waals surface area contributed by atoms with Crippen LogP contribution in [-0.2, 0) is 4.74 Å². The van der Waals surface area contributed by atoms with E-state index in [0.717, 1.165) is 0 Å². The lowest BCUT2D eigenvalue weighted by molar-refractivity contribution is -0.0986. The summed E-state index contributed by atoms with van der Waals surface area (Å²) in [7, 11) is 0. The molecule has 7 N–H and O–H groups in total. The van der Waals surface area contributed by atoms with Crippen molar-refractivity contribution in [2.45, 2.75) is 82.1 Å². The van der Waals surface area contributed by atoms with E-state index in [2.05, 4.69) is 10.6 Å². The number of alkyl carbamates (subject to hydrolysis) is 1. The quantitative estimate of drug-likeness (QED) is 0.260. The molecule has 9 heteroatoms. The van der Waals surface area contributed by atoms with Gasteiger partial charge in [-0.1, -0.05) is 6.92 Å². The van der Waals surface area contributed by atoms with Crippen molar-refractivity contribution >= 4 is 6.09 Å². The Morgan fingerprint density at radius 3 is 2.44 bits per heavy atom. The number of rotatable bonds is 9. The number of amides is 1. The number of hydrogen-bond donors (Lipinski definition) is 7. The summed E-state index contributed by atoms with van der Waals surface area (Å²) in [5.74, 6) is 0. The first-order valence-corrected chi connectivity index (χ1v) is 8.87. The van der Waals surface area contributed by atoms with Crippen molar-refractivity contribution < 1.29 is 35.1 Å². The number of aliphatic hydroxyl groups excluding tert-OH is 5. The van der Waals surface area contributed by atoms with Gasteiger partial charge in [0.1, 0.15) is 6.10 Å². The Morgan fingerprint density at radius 2 is 1.84 bits per heavy atom. The molecule has 7 unspecified atom stereocenters. The van der Waals surface area contributed by atoms with Crippen molar-refractivity contribution in [2.24, 2.45) is 0 Å². The zero-order chi connectivity index (χ0) is 19.0. The van der Waals surface area contributed by atoms with Crippen molar-refractivity contribution in [3.05, 3.63) is 0 Å². The maximum absolute atomic E-state index is 11.7. The van der Waals surface area contributed by atoms with Crippen LogP contribution < -0.4 is 10.6 Å². The fourth-order valence-corrected chi connectivity index (χ4v) is 2.88. The van der Waals surface area contributed by atoms with Crippen molar-refractivity contribution in [3.63, 3.8) is 0 Å². The van der Waals surface area contributed by atoms with E-state index in [1.807, 2.05) is 0 Å². The van der Waals surface area contributed by atoms with E-state index in [9.17, 15) is 30.3 Å². The minimum absolute atomic E-state index is 0.0871. The Kier molecular flexibility index (Phi) is 9.62. The second kappa shape index (κ2) is 10.9. The van der Waals surface area contributed by atoms with Gasteiger partial charge in [-0.05, 0) is 26.2 Å². The van der Waals surface area contributed by atoms with Gasteiger partial charge in [0.25, 0.3) is 0 Å². The highest BCUT2D eigenvalue weighted by Gasteiger charge is 2.37. The first-order chi connectivity index (χ1) is 11.8. The molecular weight excluding hydrogens is 332 g/mol. The Bertz CT molecular complexity index is 399. The van der Waals surface area contributed by atoms with Gasteiger partial charge in [-0.3, -0.25) is 0 Å². The molecule has 9 nitrogen and oxygen atoms in total. The number of nitrogens with one attached hydrogen (secondary N) is 2. The predicted octanol–water partition coefficient (Wildman–Crippen LogP) is -1.54. The molecule has 1 rings (SSSR count). The minimum Gasteiger partial charge on any atom is -0.450 e. The summed E-state index contributed by atoms with van der Waals surface area (Å²) in [5.41, 5.74) is 0. The van der Waals surface area contributed by atoms with Crippen LogP contribution in [0, 0.1) is 0 Å². The van der Waals surface area contributed by atoms with E-state index in [0.29, 0.717) is 19.3 Å². The van der Waals surface area contributed by atoms with Gasteiger partial charge in [-0.2, -0.15) is 0 Å². The summed E-state index contributed by atoms with van der Waals surface area (Å²) in [6, 6.07) is -1.22. The SMILES string of the molecule is CCOC(=O)NC(CNC1CCC(O)C(O)C1O)C(O)CC(O)CC. The third-order valence-electron chi connectivity index (χ3n) is 4.56. The monoisotopic (exact) mass is 364 g/mol. The highest BCUT2D eigenvalue weighted by molar-refractivity contribution is 5.67. The first kappa shape index (κ1) is 22.1. The van der Waals surface area contributed by atoms with Crippen LogP contribution in [-0.4, -0.2) is 87.4 Å². The van der Waals surface area contributed by atoms with Crippen LogP contribution in [0.5, 0.6) is 0 Å². The average Bonchev–Trinajstić information content (AvgIpc) is 2.57. The second-order valence-electron chi connectivity index (χ2n) is 6.48. The highest BCUT2D eigenvalue weighted by atomic mass is 16.5. The normalized spacial score (nSPS) is 30.4. The van der Waals surface area contributed by atoms with E-state index in [1.54, 1.807) is 13.8 Å². The van der Waals surface area contributed by atoms with Crippen molar-refractivity contribution in [1.29, 1.82) is 0 Å². The van der Waals surface area contributed by atoms with Crippen LogP contribution in [0.4, 0.5) is 4.79 Å². The molecule has 1 saturated carbocycles. The van der Waals surface area contributed by atoms with E-state index >= 15 is 0 Å². The number of carbonyl (C=O) groups excluding carboxylic acids is 1.